The molecule has 3 aromatic heterocycles. The largest absolute Gasteiger partial charge is 0.463 e. The topological polar surface area (TPSA) is 97.6 Å². The van der Waals surface area contributed by atoms with E-state index in [9.17, 15) is 9.59 Å². The van der Waals surface area contributed by atoms with Crippen molar-refractivity contribution in [3.05, 3.63) is 88.8 Å². The number of ether oxygens (including phenoxy) is 1. The van der Waals surface area contributed by atoms with Crippen LogP contribution < -0.4 is 5.32 Å². The van der Waals surface area contributed by atoms with E-state index in [2.05, 4.69) is 20.2 Å². The molecular weight excluding hydrogens is 452 g/mol. The number of carbonyl (C=O) groups excluding carboxylic acids is 2. The maximum atomic E-state index is 13.1. The number of likely N-dealkylation sites (N-methyl/N-ethyl adjacent to an activating group) is 1. The van der Waals surface area contributed by atoms with Crippen LogP contribution in [-0.2, 0) is 11.3 Å². The maximum Gasteiger partial charge on any atom is 0.257 e. The average molecular weight is 477 g/mol. The minimum Gasteiger partial charge on any atom is -0.463 e. The summed E-state index contributed by atoms with van der Waals surface area (Å²) in [5.41, 5.74) is 2.15. The van der Waals surface area contributed by atoms with Crippen molar-refractivity contribution in [3.8, 4) is 11.5 Å². The molecule has 4 rings (SSSR count). The summed E-state index contributed by atoms with van der Waals surface area (Å²) in [5, 5.41) is 3.13. The number of thiazole rings is 1. The summed E-state index contributed by atoms with van der Waals surface area (Å²) in [4.78, 5) is 37.4. The number of pyridine rings is 1. The Balaban J connectivity index is 1.56. The number of hydrogen-bond acceptors (Lipinski definition) is 8. The summed E-state index contributed by atoms with van der Waals surface area (Å²) in [6.45, 7) is 1.95. The van der Waals surface area contributed by atoms with E-state index in [0.717, 1.165) is 23.6 Å². The predicted molar refractivity (Wildman–Crippen MR) is 130 cm³/mol. The van der Waals surface area contributed by atoms with Crippen molar-refractivity contribution < 1.29 is 18.7 Å². The molecule has 0 spiro atoms. The fraction of sp³-hybridized carbons (Fsp3) is 0.200. The van der Waals surface area contributed by atoms with Gasteiger partial charge in [-0.2, -0.15) is 0 Å². The lowest BCUT2D eigenvalue weighted by atomic mass is 10.1. The van der Waals surface area contributed by atoms with Crippen LogP contribution in [0.2, 0.25) is 0 Å². The molecule has 3 heterocycles. The number of ketones is 1. The van der Waals surface area contributed by atoms with Crippen LogP contribution in [0.3, 0.4) is 0 Å². The number of nitrogens with zero attached hydrogens (tertiary/aromatic N) is 3. The van der Waals surface area contributed by atoms with Crippen LogP contribution in [0.4, 0.5) is 5.13 Å². The minimum atomic E-state index is -0.332. The highest BCUT2D eigenvalue weighted by Crippen LogP contribution is 2.33. The van der Waals surface area contributed by atoms with Gasteiger partial charge in [0, 0.05) is 37.5 Å². The molecule has 1 aromatic carbocycles. The SMILES string of the molecule is COCCN(C)Cc1cc(C(=O)Nc2nc(-c3ccco3)c(C(=O)c3ccccc3)s2)ccn1. The monoisotopic (exact) mass is 476 g/mol. The quantitative estimate of drug-likeness (QED) is 0.340. The molecule has 0 saturated heterocycles. The Labute approximate surface area is 201 Å². The maximum absolute atomic E-state index is 13.1. The molecule has 174 valence electrons. The molecule has 1 N–H and O–H groups in total. The van der Waals surface area contributed by atoms with Gasteiger partial charge in [-0.1, -0.05) is 41.7 Å². The van der Waals surface area contributed by atoms with E-state index in [1.165, 1.54) is 6.26 Å². The van der Waals surface area contributed by atoms with Gasteiger partial charge in [0.25, 0.3) is 5.91 Å². The Kier molecular flexibility index (Phi) is 7.58. The molecule has 34 heavy (non-hydrogen) atoms. The molecule has 0 aliphatic heterocycles. The van der Waals surface area contributed by atoms with Crippen molar-refractivity contribution in [2.75, 3.05) is 32.6 Å². The van der Waals surface area contributed by atoms with Crippen molar-refractivity contribution in [2.45, 2.75) is 6.54 Å². The first-order valence-electron chi connectivity index (χ1n) is 10.6. The molecule has 0 radical (unpaired) electrons. The highest BCUT2D eigenvalue weighted by molar-refractivity contribution is 7.18. The number of carbonyl (C=O) groups is 2. The van der Waals surface area contributed by atoms with Gasteiger partial charge >= 0.3 is 0 Å². The van der Waals surface area contributed by atoms with E-state index in [1.54, 1.807) is 61.8 Å². The average Bonchev–Trinajstić information content (AvgIpc) is 3.53. The van der Waals surface area contributed by atoms with Gasteiger partial charge in [-0.15, -0.1) is 0 Å². The van der Waals surface area contributed by atoms with Crippen molar-refractivity contribution in [1.29, 1.82) is 0 Å². The first-order valence-corrected chi connectivity index (χ1v) is 11.4. The van der Waals surface area contributed by atoms with Crippen LogP contribution in [0, 0.1) is 0 Å². The second-order valence-electron chi connectivity index (χ2n) is 7.59. The molecule has 9 heteroatoms. The first-order chi connectivity index (χ1) is 16.5. The molecule has 1 amide bonds. The van der Waals surface area contributed by atoms with Gasteiger partial charge in [0.2, 0.25) is 5.78 Å². The van der Waals surface area contributed by atoms with Crippen LogP contribution in [0.15, 0.2) is 71.5 Å². The Morgan fingerprint density at radius 2 is 1.94 bits per heavy atom. The molecule has 0 saturated carbocycles. The molecule has 4 aromatic rings. The van der Waals surface area contributed by atoms with E-state index >= 15 is 0 Å². The lowest BCUT2D eigenvalue weighted by Crippen LogP contribution is -2.23. The standard InChI is InChI=1S/C25H24N4O4S/c1-29(12-14-32-2)16-19-15-18(10-11-26-19)24(31)28-25-27-21(20-9-6-13-33-20)23(34-25)22(30)17-7-4-3-5-8-17/h3-11,13,15H,12,14,16H2,1-2H3,(H,27,28,31). The van der Waals surface area contributed by atoms with Crippen molar-refractivity contribution in [1.82, 2.24) is 14.9 Å². The van der Waals surface area contributed by atoms with Crippen LogP contribution in [0.1, 0.15) is 31.3 Å². The molecule has 0 aliphatic carbocycles. The number of methoxy groups -OCH3 is 1. The Bertz CT molecular complexity index is 1260. The summed E-state index contributed by atoms with van der Waals surface area (Å²) in [5.74, 6) is -0.0572. The summed E-state index contributed by atoms with van der Waals surface area (Å²) in [6.07, 6.45) is 3.13. The number of furan rings is 1. The van der Waals surface area contributed by atoms with Crippen LogP contribution in [-0.4, -0.2) is 53.9 Å². The predicted octanol–water partition coefficient (Wildman–Crippen LogP) is 4.36. The van der Waals surface area contributed by atoms with Gasteiger partial charge in [0.15, 0.2) is 10.9 Å². The summed E-state index contributed by atoms with van der Waals surface area (Å²) in [6, 6.07) is 15.8. The van der Waals surface area contributed by atoms with E-state index in [0.29, 0.717) is 45.7 Å². The molecular formula is C25H24N4O4S. The van der Waals surface area contributed by atoms with Crippen LogP contribution in [0.25, 0.3) is 11.5 Å². The van der Waals surface area contributed by atoms with Gasteiger partial charge in [0.1, 0.15) is 10.6 Å². The second kappa shape index (κ2) is 11.0. The van der Waals surface area contributed by atoms with Crippen LogP contribution in [0.5, 0.6) is 0 Å². The van der Waals surface area contributed by atoms with Gasteiger partial charge in [-0.05, 0) is 31.3 Å². The third-order valence-electron chi connectivity index (χ3n) is 5.03. The number of aromatic nitrogens is 2. The summed E-state index contributed by atoms with van der Waals surface area (Å²) < 4.78 is 10.6. The molecule has 0 aliphatic rings. The van der Waals surface area contributed by atoms with Crippen molar-refractivity contribution in [3.63, 3.8) is 0 Å². The van der Waals surface area contributed by atoms with Crippen molar-refractivity contribution >= 4 is 28.2 Å². The molecule has 0 fully saturated rings. The highest BCUT2D eigenvalue weighted by Gasteiger charge is 2.23. The number of amides is 1. The fourth-order valence-electron chi connectivity index (χ4n) is 3.31. The van der Waals surface area contributed by atoms with Crippen molar-refractivity contribution in [2.24, 2.45) is 0 Å². The second-order valence-corrected chi connectivity index (χ2v) is 8.59. The Morgan fingerprint density at radius 1 is 1.12 bits per heavy atom. The third kappa shape index (κ3) is 5.63. The number of anilines is 1. The number of hydrogen-bond donors (Lipinski definition) is 1. The number of rotatable bonds is 10. The lowest BCUT2D eigenvalue weighted by molar-refractivity contribution is 0.102. The third-order valence-corrected chi connectivity index (χ3v) is 6.00. The normalized spacial score (nSPS) is 11.0. The fourth-order valence-corrected chi connectivity index (χ4v) is 4.23. The molecule has 0 bridgehead atoms. The molecule has 8 nitrogen and oxygen atoms in total. The highest BCUT2D eigenvalue weighted by atomic mass is 32.1. The van der Waals surface area contributed by atoms with E-state index in [-0.39, 0.29) is 11.7 Å². The summed E-state index contributed by atoms with van der Waals surface area (Å²) in [7, 11) is 3.62. The lowest BCUT2D eigenvalue weighted by Gasteiger charge is -2.15. The van der Waals surface area contributed by atoms with E-state index < -0.39 is 0 Å². The zero-order valence-corrected chi connectivity index (χ0v) is 19.7. The Hall–Kier alpha value is -3.66. The number of nitrogens with one attached hydrogen (secondary N) is 1. The molecule has 0 atom stereocenters. The van der Waals surface area contributed by atoms with Gasteiger partial charge < -0.3 is 9.15 Å². The van der Waals surface area contributed by atoms with Gasteiger partial charge in [-0.25, -0.2) is 4.98 Å². The molecule has 0 unspecified atom stereocenters. The number of benzene rings is 1. The van der Waals surface area contributed by atoms with Gasteiger partial charge in [-0.3, -0.25) is 24.8 Å². The summed E-state index contributed by atoms with van der Waals surface area (Å²) >= 11 is 1.12. The van der Waals surface area contributed by atoms with Gasteiger partial charge in [0.05, 0.1) is 18.6 Å². The Morgan fingerprint density at radius 3 is 2.68 bits per heavy atom. The first kappa shape index (κ1) is 23.5. The van der Waals surface area contributed by atoms with E-state index in [4.69, 9.17) is 9.15 Å². The minimum absolute atomic E-state index is 0.185. The zero-order chi connectivity index (χ0) is 23.9. The van der Waals surface area contributed by atoms with Crippen LogP contribution >= 0.6 is 11.3 Å². The zero-order valence-electron chi connectivity index (χ0n) is 18.9. The van der Waals surface area contributed by atoms with E-state index in [1.807, 2.05) is 13.1 Å². The smallest absolute Gasteiger partial charge is 0.257 e.